The van der Waals surface area contributed by atoms with Crippen molar-refractivity contribution < 1.29 is 18.7 Å². The molecular weight excluding hydrogens is 388 g/mol. The molecule has 0 aliphatic rings. The summed E-state index contributed by atoms with van der Waals surface area (Å²) >= 11 is 5.91. The first-order valence-corrected chi connectivity index (χ1v) is 8.76. The van der Waals surface area contributed by atoms with Crippen LogP contribution in [0.2, 0.25) is 5.02 Å². The molecule has 1 aromatic heterocycles. The lowest BCUT2D eigenvalue weighted by molar-refractivity contribution is 0.0917. The molecule has 28 heavy (non-hydrogen) atoms. The van der Waals surface area contributed by atoms with Crippen LogP contribution in [0.25, 0.3) is 22.6 Å². The number of aliphatic hydroxyl groups excluding tert-OH is 1. The van der Waals surface area contributed by atoms with E-state index in [1.807, 2.05) is 0 Å². The third kappa shape index (κ3) is 4.68. The summed E-state index contributed by atoms with van der Waals surface area (Å²) in [7, 11) is 0. The topological polar surface area (TPSA) is 75.1 Å². The van der Waals surface area contributed by atoms with E-state index in [0.29, 0.717) is 16.3 Å². The fraction of sp³-hybridized carbons (Fsp3) is 0.150. The molecule has 3 aromatic rings. The lowest BCUT2D eigenvalue weighted by atomic mass is 10.1. The molecular formula is C20H16ClF2N3O2. The summed E-state index contributed by atoms with van der Waals surface area (Å²) in [5.74, 6) is -2.12. The van der Waals surface area contributed by atoms with Crippen molar-refractivity contribution in [3.05, 3.63) is 70.9 Å². The molecule has 1 amide bonds. The van der Waals surface area contributed by atoms with E-state index >= 15 is 0 Å². The molecule has 1 heterocycles. The van der Waals surface area contributed by atoms with Gasteiger partial charge in [-0.15, -0.1) is 0 Å². The smallest absolute Gasteiger partial charge is 0.270 e. The predicted octanol–water partition coefficient (Wildman–Crippen LogP) is 3.85. The molecule has 8 heteroatoms. The maximum atomic E-state index is 13.6. The predicted molar refractivity (Wildman–Crippen MR) is 102 cm³/mol. The molecule has 0 spiro atoms. The zero-order chi connectivity index (χ0) is 20.3. The molecule has 0 saturated heterocycles. The number of halogens is 3. The standard InChI is InChI=1S/C20H16ClF2N3O2/c1-11(10-27)24-20(28)18-9-17(12-2-4-14(21)5-3-12)25-19(26-18)13-6-15(22)8-16(23)7-13/h2-9,11,27H,10H2,1H3,(H,24,28). The van der Waals surface area contributed by atoms with Gasteiger partial charge in [-0.2, -0.15) is 0 Å². The second kappa shape index (κ2) is 8.41. The summed E-state index contributed by atoms with van der Waals surface area (Å²) in [4.78, 5) is 21.0. The first kappa shape index (κ1) is 19.9. The zero-order valence-corrected chi connectivity index (χ0v) is 15.5. The first-order chi connectivity index (χ1) is 13.4. The van der Waals surface area contributed by atoms with Gasteiger partial charge in [-0.1, -0.05) is 23.7 Å². The first-order valence-electron chi connectivity index (χ1n) is 8.39. The van der Waals surface area contributed by atoms with Crippen molar-refractivity contribution >= 4 is 17.5 Å². The molecule has 0 saturated carbocycles. The Balaban J connectivity index is 2.13. The Morgan fingerprint density at radius 1 is 1.07 bits per heavy atom. The summed E-state index contributed by atoms with van der Waals surface area (Å²) in [6, 6.07) is 10.6. The van der Waals surface area contributed by atoms with E-state index in [-0.39, 0.29) is 23.7 Å². The van der Waals surface area contributed by atoms with Gasteiger partial charge in [0.15, 0.2) is 5.82 Å². The number of amides is 1. The second-order valence-electron chi connectivity index (χ2n) is 6.18. The molecule has 1 atom stereocenters. The van der Waals surface area contributed by atoms with Gasteiger partial charge in [0, 0.05) is 28.3 Å². The number of carbonyl (C=O) groups is 1. The third-order valence-electron chi connectivity index (χ3n) is 3.87. The molecule has 0 bridgehead atoms. The molecule has 2 N–H and O–H groups in total. The number of nitrogens with one attached hydrogen (secondary N) is 1. The fourth-order valence-corrected chi connectivity index (χ4v) is 2.61. The lowest BCUT2D eigenvalue weighted by Crippen LogP contribution is -2.35. The SMILES string of the molecule is CC(CO)NC(=O)c1cc(-c2ccc(Cl)cc2)nc(-c2cc(F)cc(F)c2)n1. The molecule has 1 unspecified atom stereocenters. The van der Waals surface area contributed by atoms with Crippen molar-refractivity contribution in [1.29, 1.82) is 0 Å². The van der Waals surface area contributed by atoms with Crippen molar-refractivity contribution in [2.75, 3.05) is 6.61 Å². The monoisotopic (exact) mass is 403 g/mol. The van der Waals surface area contributed by atoms with Gasteiger partial charge in [-0.3, -0.25) is 4.79 Å². The maximum absolute atomic E-state index is 13.6. The molecule has 3 rings (SSSR count). The molecule has 2 aromatic carbocycles. The van der Waals surface area contributed by atoms with E-state index in [1.54, 1.807) is 31.2 Å². The Morgan fingerprint density at radius 3 is 2.32 bits per heavy atom. The van der Waals surface area contributed by atoms with Crippen LogP contribution in [0, 0.1) is 11.6 Å². The van der Waals surface area contributed by atoms with Crippen molar-refractivity contribution in [1.82, 2.24) is 15.3 Å². The van der Waals surface area contributed by atoms with E-state index in [2.05, 4.69) is 15.3 Å². The van der Waals surface area contributed by atoms with Crippen LogP contribution in [-0.2, 0) is 0 Å². The number of carbonyl (C=O) groups excluding carboxylic acids is 1. The van der Waals surface area contributed by atoms with Crippen molar-refractivity contribution in [2.24, 2.45) is 0 Å². The van der Waals surface area contributed by atoms with Crippen LogP contribution >= 0.6 is 11.6 Å². The number of aliphatic hydroxyl groups is 1. The average Bonchev–Trinajstić information content (AvgIpc) is 2.67. The maximum Gasteiger partial charge on any atom is 0.270 e. The number of nitrogens with zero attached hydrogens (tertiary/aromatic N) is 2. The van der Waals surface area contributed by atoms with E-state index in [0.717, 1.165) is 18.2 Å². The third-order valence-corrected chi connectivity index (χ3v) is 4.12. The van der Waals surface area contributed by atoms with Crippen LogP contribution in [-0.4, -0.2) is 33.6 Å². The number of hydrogen-bond acceptors (Lipinski definition) is 4. The number of aromatic nitrogens is 2. The Bertz CT molecular complexity index is 993. The Labute approximate surface area is 165 Å². The van der Waals surface area contributed by atoms with Crippen molar-refractivity contribution in [2.45, 2.75) is 13.0 Å². The normalized spacial score (nSPS) is 11.9. The lowest BCUT2D eigenvalue weighted by Gasteiger charge is -2.12. The van der Waals surface area contributed by atoms with Gasteiger partial charge < -0.3 is 10.4 Å². The van der Waals surface area contributed by atoms with Gasteiger partial charge in [0.1, 0.15) is 17.3 Å². The summed E-state index contributed by atoms with van der Waals surface area (Å²) in [5, 5.41) is 12.3. The molecule has 0 radical (unpaired) electrons. The van der Waals surface area contributed by atoms with Crippen molar-refractivity contribution in [3.8, 4) is 22.6 Å². The van der Waals surface area contributed by atoms with E-state index in [9.17, 15) is 13.6 Å². The summed E-state index contributed by atoms with van der Waals surface area (Å²) in [6.07, 6.45) is 0. The Kier molecular flexibility index (Phi) is 5.96. The number of rotatable bonds is 5. The van der Waals surface area contributed by atoms with E-state index < -0.39 is 23.6 Å². The highest BCUT2D eigenvalue weighted by atomic mass is 35.5. The number of benzene rings is 2. The average molecular weight is 404 g/mol. The van der Waals surface area contributed by atoms with E-state index in [4.69, 9.17) is 16.7 Å². The van der Waals surface area contributed by atoms with Gasteiger partial charge in [-0.25, -0.2) is 18.7 Å². The molecule has 5 nitrogen and oxygen atoms in total. The van der Waals surface area contributed by atoms with Crippen LogP contribution in [0.1, 0.15) is 17.4 Å². The van der Waals surface area contributed by atoms with Gasteiger partial charge in [0.25, 0.3) is 5.91 Å². The zero-order valence-electron chi connectivity index (χ0n) is 14.8. The highest BCUT2D eigenvalue weighted by Crippen LogP contribution is 2.25. The van der Waals surface area contributed by atoms with Gasteiger partial charge in [-0.05, 0) is 37.3 Å². The molecule has 0 fully saturated rings. The minimum atomic E-state index is -0.782. The van der Waals surface area contributed by atoms with Crippen LogP contribution in [0.4, 0.5) is 8.78 Å². The Morgan fingerprint density at radius 2 is 1.71 bits per heavy atom. The van der Waals surface area contributed by atoms with Gasteiger partial charge in [0.05, 0.1) is 12.3 Å². The van der Waals surface area contributed by atoms with E-state index in [1.165, 1.54) is 6.07 Å². The summed E-state index contributed by atoms with van der Waals surface area (Å²) in [5.41, 5.74) is 1.12. The summed E-state index contributed by atoms with van der Waals surface area (Å²) in [6.45, 7) is 1.38. The van der Waals surface area contributed by atoms with Crippen LogP contribution < -0.4 is 5.32 Å². The highest BCUT2D eigenvalue weighted by Gasteiger charge is 2.16. The largest absolute Gasteiger partial charge is 0.394 e. The van der Waals surface area contributed by atoms with Crippen LogP contribution in [0.5, 0.6) is 0 Å². The molecule has 144 valence electrons. The number of hydrogen-bond donors (Lipinski definition) is 2. The second-order valence-corrected chi connectivity index (χ2v) is 6.62. The van der Waals surface area contributed by atoms with Crippen LogP contribution in [0.15, 0.2) is 48.5 Å². The van der Waals surface area contributed by atoms with Crippen molar-refractivity contribution in [3.63, 3.8) is 0 Å². The molecule has 0 aliphatic carbocycles. The van der Waals surface area contributed by atoms with Gasteiger partial charge >= 0.3 is 0 Å². The van der Waals surface area contributed by atoms with Crippen LogP contribution in [0.3, 0.4) is 0 Å². The van der Waals surface area contributed by atoms with Gasteiger partial charge in [0.2, 0.25) is 0 Å². The minimum Gasteiger partial charge on any atom is -0.394 e. The quantitative estimate of drug-likeness (QED) is 0.678. The minimum absolute atomic E-state index is 0.0000746. The Hall–Kier alpha value is -2.90. The highest BCUT2D eigenvalue weighted by molar-refractivity contribution is 6.30. The fourth-order valence-electron chi connectivity index (χ4n) is 2.49. The molecule has 0 aliphatic heterocycles. The summed E-state index contributed by atoms with van der Waals surface area (Å²) < 4.78 is 27.3.